The maximum absolute atomic E-state index is 13.2. The van der Waals surface area contributed by atoms with E-state index in [4.69, 9.17) is 14.2 Å². The highest BCUT2D eigenvalue weighted by molar-refractivity contribution is 7.89. The van der Waals surface area contributed by atoms with E-state index in [2.05, 4.69) is 5.32 Å². The number of fused-ring (bicyclic) bond motifs is 1. The normalized spacial score (nSPS) is 17.1. The van der Waals surface area contributed by atoms with Crippen molar-refractivity contribution >= 4 is 27.6 Å². The van der Waals surface area contributed by atoms with Gasteiger partial charge in [-0.05, 0) is 37.1 Å². The first-order valence-corrected chi connectivity index (χ1v) is 12.2. The van der Waals surface area contributed by atoms with Gasteiger partial charge in [0.1, 0.15) is 0 Å². The number of sulfonamides is 1. The van der Waals surface area contributed by atoms with Crippen LogP contribution in [-0.2, 0) is 19.6 Å². The van der Waals surface area contributed by atoms with E-state index >= 15 is 0 Å². The van der Waals surface area contributed by atoms with Crippen molar-refractivity contribution in [2.75, 3.05) is 38.7 Å². The molecule has 0 unspecified atom stereocenters. The number of esters is 1. The Morgan fingerprint density at radius 3 is 2.45 bits per heavy atom. The van der Waals surface area contributed by atoms with Crippen LogP contribution in [0.2, 0.25) is 0 Å². The number of hydrogen-bond acceptors (Lipinski definition) is 7. The molecule has 1 fully saturated rings. The molecular formula is C23H26N2O7S. The highest BCUT2D eigenvalue weighted by Gasteiger charge is 2.33. The van der Waals surface area contributed by atoms with Crippen LogP contribution in [0.1, 0.15) is 29.6 Å². The van der Waals surface area contributed by atoms with Gasteiger partial charge in [-0.3, -0.25) is 4.79 Å². The summed E-state index contributed by atoms with van der Waals surface area (Å²) in [4.78, 5) is 24.9. The highest BCUT2D eigenvalue weighted by atomic mass is 32.2. The van der Waals surface area contributed by atoms with Crippen molar-refractivity contribution in [3.8, 4) is 11.5 Å². The zero-order valence-electron chi connectivity index (χ0n) is 18.3. The third kappa shape index (κ3) is 4.96. The van der Waals surface area contributed by atoms with Crippen LogP contribution in [0.25, 0.3) is 0 Å². The van der Waals surface area contributed by atoms with Gasteiger partial charge >= 0.3 is 5.97 Å². The summed E-state index contributed by atoms with van der Waals surface area (Å²) < 4.78 is 43.7. The third-order valence-electron chi connectivity index (χ3n) is 5.77. The molecule has 2 aromatic rings. The number of benzene rings is 2. The van der Waals surface area contributed by atoms with Gasteiger partial charge < -0.3 is 19.5 Å². The van der Waals surface area contributed by atoms with Crippen molar-refractivity contribution in [1.29, 1.82) is 0 Å². The Kier molecular flexibility index (Phi) is 6.85. The fourth-order valence-electron chi connectivity index (χ4n) is 3.93. The summed E-state index contributed by atoms with van der Waals surface area (Å²) in [6.45, 7) is 1.43. The Labute approximate surface area is 192 Å². The van der Waals surface area contributed by atoms with Crippen LogP contribution in [0.4, 0.5) is 5.69 Å². The number of nitrogens with zero attached hydrogens (tertiary/aromatic N) is 1. The Morgan fingerprint density at radius 1 is 1.03 bits per heavy atom. The number of carbonyl (C=O) groups excluding carboxylic acids is 2. The van der Waals surface area contributed by atoms with Gasteiger partial charge in [-0.2, -0.15) is 4.31 Å². The minimum atomic E-state index is -3.73. The number of hydrogen-bond donors (Lipinski definition) is 1. The number of amides is 1. The lowest BCUT2D eigenvalue weighted by Crippen LogP contribution is -2.41. The summed E-state index contributed by atoms with van der Waals surface area (Å²) in [6.07, 6.45) is 1.47. The Bertz CT molecular complexity index is 1140. The van der Waals surface area contributed by atoms with Crippen LogP contribution in [0, 0.1) is 5.92 Å². The van der Waals surface area contributed by atoms with E-state index < -0.39 is 16.0 Å². The Morgan fingerprint density at radius 2 is 1.73 bits per heavy atom. The van der Waals surface area contributed by atoms with Crippen LogP contribution in [0.3, 0.4) is 0 Å². The number of methoxy groups -OCH3 is 1. The second-order valence-electron chi connectivity index (χ2n) is 7.86. The third-order valence-corrected chi connectivity index (χ3v) is 7.67. The quantitative estimate of drug-likeness (QED) is 0.663. The van der Waals surface area contributed by atoms with Gasteiger partial charge in [0.25, 0.3) is 0 Å². The van der Waals surface area contributed by atoms with E-state index in [1.807, 2.05) is 0 Å². The number of ether oxygens (including phenoxy) is 3. The van der Waals surface area contributed by atoms with Crippen molar-refractivity contribution in [2.24, 2.45) is 5.92 Å². The molecule has 33 heavy (non-hydrogen) atoms. The molecule has 4 rings (SSSR count). The highest BCUT2D eigenvalue weighted by Crippen LogP contribution is 2.34. The molecule has 0 atom stereocenters. The van der Waals surface area contributed by atoms with Crippen LogP contribution >= 0.6 is 0 Å². The minimum absolute atomic E-state index is 0.140. The lowest BCUT2D eigenvalue weighted by atomic mass is 9.97. The monoisotopic (exact) mass is 474 g/mol. The zero-order valence-corrected chi connectivity index (χ0v) is 19.1. The molecule has 0 saturated carbocycles. The number of rotatable bonds is 5. The molecule has 9 nitrogen and oxygen atoms in total. The molecule has 0 aromatic heterocycles. The summed E-state index contributed by atoms with van der Waals surface area (Å²) in [5, 5.41) is 2.78. The van der Waals surface area contributed by atoms with Gasteiger partial charge in [-0.25, -0.2) is 13.2 Å². The van der Waals surface area contributed by atoms with Crippen LogP contribution in [0.5, 0.6) is 11.5 Å². The molecule has 1 saturated heterocycles. The van der Waals surface area contributed by atoms with Crippen molar-refractivity contribution in [2.45, 2.75) is 24.2 Å². The van der Waals surface area contributed by atoms with Crippen molar-refractivity contribution < 1.29 is 32.2 Å². The molecule has 2 aliphatic rings. The van der Waals surface area contributed by atoms with Crippen LogP contribution in [0.15, 0.2) is 47.4 Å². The van der Waals surface area contributed by atoms with Crippen LogP contribution < -0.4 is 14.8 Å². The molecule has 1 amide bonds. The number of anilines is 1. The Balaban J connectivity index is 1.41. The van der Waals surface area contributed by atoms with E-state index in [9.17, 15) is 18.0 Å². The average molecular weight is 475 g/mol. The summed E-state index contributed by atoms with van der Waals surface area (Å²) >= 11 is 0. The first-order chi connectivity index (χ1) is 15.9. The lowest BCUT2D eigenvalue weighted by molar-refractivity contribution is -0.120. The standard InChI is InChI=1S/C23H26N2O7S/c1-30-23(27)18-5-2-3-6-19(18)24-22(26)16-9-11-25(12-10-16)33(28,29)17-7-8-20-21(15-17)32-14-4-13-31-20/h2-3,5-8,15-16H,4,9-14H2,1H3,(H,24,26). The summed E-state index contributed by atoms with van der Waals surface area (Å²) in [7, 11) is -2.45. The molecule has 0 radical (unpaired) electrons. The molecule has 0 aliphatic carbocycles. The SMILES string of the molecule is COC(=O)c1ccccc1NC(=O)C1CCN(S(=O)(=O)c2ccc3c(c2)OCCCO3)CC1. The average Bonchev–Trinajstić information content (AvgIpc) is 3.09. The van der Waals surface area contributed by atoms with E-state index in [0.29, 0.717) is 43.2 Å². The maximum Gasteiger partial charge on any atom is 0.339 e. The molecule has 176 valence electrons. The molecule has 0 bridgehead atoms. The number of para-hydroxylation sites is 1. The zero-order chi connectivity index (χ0) is 23.4. The number of nitrogens with one attached hydrogen (secondary N) is 1. The van der Waals surface area contributed by atoms with Gasteiger partial charge in [-0.1, -0.05) is 12.1 Å². The van der Waals surface area contributed by atoms with Gasteiger partial charge in [0.05, 0.1) is 36.5 Å². The van der Waals surface area contributed by atoms with E-state index in [1.54, 1.807) is 30.3 Å². The molecule has 2 aliphatic heterocycles. The minimum Gasteiger partial charge on any atom is -0.490 e. The fraction of sp³-hybridized carbons (Fsp3) is 0.391. The largest absolute Gasteiger partial charge is 0.490 e. The van der Waals surface area contributed by atoms with E-state index in [1.165, 1.54) is 23.5 Å². The van der Waals surface area contributed by atoms with Crippen LogP contribution in [-0.4, -0.2) is 58.0 Å². The molecule has 2 heterocycles. The molecule has 10 heteroatoms. The van der Waals surface area contributed by atoms with Crippen molar-refractivity contribution in [1.82, 2.24) is 4.31 Å². The number of piperidine rings is 1. The summed E-state index contributed by atoms with van der Waals surface area (Å²) in [5.41, 5.74) is 0.638. The topological polar surface area (TPSA) is 111 Å². The predicted molar refractivity (Wildman–Crippen MR) is 120 cm³/mol. The number of carbonyl (C=O) groups is 2. The second-order valence-corrected chi connectivity index (χ2v) is 9.80. The molecule has 0 spiro atoms. The predicted octanol–water partition coefficient (Wildman–Crippen LogP) is 2.67. The van der Waals surface area contributed by atoms with Crippen molar-refractivity contribution in [3.63, 3.8) is 0 Å². The first kappa shape index (κ1) is 23.1. The van der Waals surface area contributed by atoms with E-state index in [-0.39, 0.29) is 35.4 Å². The first-order valence-electron chi connectivity index (χ1n) is 10.8. The smallest absolute Gasteiger partial charge is 0.339 e. The second kappa shape index (κ2) is 9.80. The van der Waals surface area contributed by atoms with Gasteiger partial charge in [0.2, 0.25) is 15.9 Å². The molecule has 2 aromatic carbocycles. The molecule has 1 N–H and O–H groups in total. The molecular weight excluding hydrogens is 448 g/mol. The van der Waals surface area contributed by atoms with Gasteiger partial charge in [0.15, 0.2) is 11.5 Å². The van der Waals surface area contributed by atoms with Gasteiger partial charge in [-0.15, -0.1) is 0 Å². The lowest BCUT2D eigenvalue weighted by Gasteiger charge is -2.30. The summed E-state index contributed by atoms with van der Waals surface area (Å²) in [5.74, 6) is -0.201. The maximum atomic E-state index is 13.2. The van der Waals surface area contributed by atoms with Gasteiger partial charge in [0, 0.05) is 31.5 Å². The van der Waals surface area contributed by atoms with Crippen molar-refractivity contribution in [3.05, 3.63) is 48.0 Å². The Hall–Kier alpha value is -3.11. The fourth-order valence-corrected chi connectivity index (χ4v) is 5.41. The summed E-state index contributed by atoms with van der Waals surface area (Å²) in [6, 6.07) is 11.2. The van der Waals surface area contributed by atoms with E-state index in [0.717, 1.165) is 6.42 Å².